The summed E-state index contributed by atoms with van der Waals surface area (Å²) in [5.41, 5.74) is 4.60. The lowest BCUT2D eigenvalue weighted by atomic mass is 10.1. The number of ketones is 1. The van der Waals surface area contributed by atoms with Crippen LogP contribution in [0, 0.1) is 27.7 Å². The minimum atomic E-state index is -0.611. The molecule has 0 bridgehead atoms. The normalized spacial score (nSPS) is 10.7. The van der Waals surface area contributed by atoms with Crippen LogP contribution in [-0.4, -0.2) is 45.7 Å². The molecule has 0 aliphatic rings. The van der Waals surface area contributed by atoms with Crippen molar-refractivity contribution in [3.63, 3.8) is 0 Å². The largest absolute Gasteiger partial charge is 0.462 e. The molecule has 0 spiro atoms. The number of hydrogen-bond acceptors (Lipinski definition) is 6. The monoisotopic (exact) mass is 423 g/mol. The topological polar surface area (TPSA) is 103 Å². The van der Waals surface area contributed by atoms with E-state index in [2.05, 4.69) is 10.1 Å². The molecule has 8 heteroatoms. The van der Waals surface area contributed by atoms with Crippen LogP contribution in [0.5, 0.6) is 0 Å². The molecule has 1 N–H and O–H groups in total. The summed E-state index contributed by atoms with van der Waals surface area (Å²) in [4.78, 5) is 39.9. The standard InChI is InChI=1S/C23H25N3O5/c1-6-30-23(29)20-15(4)21(24-16(20)5)19(27)12-31-22(28)17-7-9-18(10-8-17)26-14(3)11-13(2)25-26/h7-11,24H,6,12H2,1-5H3. The van der Waals surface area contributed by atoms with E-state index >= 15 is 0 Å². The van der Waals surface area contributed by atoms with Crippen molar-refractivity contribution in [2.45, 2.75) is 34.6 Å². The zero-order chi connectivity index (χ0) is 22.7. The summed E-state index contributed by atoms with van der Waals surface area (Å²) in [5.74, 6) is -1.53. The van der Waals surface area contributed by atoms with E-state index in [-0.39, 0.29) is 12.3 Å². The van der Waals surface area contributed by atoms with Gasteiger partial charge in [0.15, 0.2) is 6.61 Å². The van der Waals surface area contributed by atoms with Gasteiger partial charge in [-0.05, 0) is 70.5 Å². The molecule has 0 atom stereocenters. The zero-order valence-corrected chi connectivity index (χ0v) is 18.2. The number of Topliss-reactive ketones (excluding diaryl/α,β-unsaturated/α-hetero) is 1. The Bertz CT molecular complexity index is 1140. The maximum atomic E-state index is 12.6. The molecular weight excluding hydrogens is 398 g/mol. The lowest BCUT2D eigenvalue weighted by Gasteiger charge is -2.07. The summed E-state index contributed by atoms with van der Waals surface area (Å²) in [5, 5.41) is 4.41. The molecule has 0 unspecified atom stereocenters. The van der Waals surface area contributed by atoms with Crippen LogP contribution in [0.15, 0.2) is 30.3 Å². The minimum absolute atomic E-state index is 0.230. The van der Waals surface area contributed by atoms with Gasteiger partial charge < -0.3 is 14.5 Å². The maximum Gasteiger partial charge on any atom is 0.340 e. The van der Waals surface area contributed by atoms with Crippen LogP contribution in [0.3, 0.4) is 0 Å². The lowest BCUT2D eigenvalue weighted by molar-refractivity contribution is 0.0472. The molecule has 2 heterocycles. The predicted octanol–water partition coefficient (Wildman–Crippen LogP) is 3.65. The zero-order valence-electron chi connectivity index (χ0n) is 18.2. The highest BCUT2D eigenvalue weighted by Gasteiger charge is 2.23. The van der Waals surface area contributed by atoms with Crippen molar-refractivity contribution in [3.05, 3.63) is 69.8 Å². The van der Waals surface area contributed by atoms with Crippen molar-refractivity contribution in [2.24, 2.45) is 0 Å². The van der Waals surface area contributed by atoms with Crippen molar-refractivity contribution in [2.75, 3.05) is 13.2 Å². The number of hydrogen-bond donors (Lipinski definition) is 1. The van der Waals surface area contributed by atoms with Crippen LogP contribution >= 0.6 is 0 Å². The number of esters is 2. The quantitative estimate of drug-likeness (QED) is 0.460. The Morgan fingerprint density at radius 2 is 1.68 bits per heavy atom. The van der Waals surface area contributed by atoms with Gasteiger partial charge in [-0.3, -0.25) is 4.79 Å². The molecule has 2 aromatic heterocycles. The third kappa shape index (κ3) is 4.58. The van der Waals surface area contributed by atoms with Crippen LogP contribution < -0.4 is 0 Å². The van der Waals surface area contributed by atoms with Gasteiger partial charge in [-0.1, -0.05) is 0 Å². The van der Waals surface area contributed by atoms with Gasteiger partial charge >= 0.3 is 11.9 Å². The Labute approximate surface area is 180 Å². The van der Waals surface area contributed by atoms with E-state index in [1.54, 1.807) is 49.7 Å². The number of aromatic nitrogens is 3. The number of aryl methyl sites for hydroxylation is 3. The highest BCUT2D eigenvalue weighted by molar-refractivity contribution is 6.03. The lowest BCUT2D eigenvalue weighted by Crippen LogP contribution is -2.16. The van der Waals surface area contributed by atoms with E-state index in [0.717, 1.165) is 17.1 Å². The predicted molar refractivity (Wildman–Crippen MR) is 114 cm³/mol. The van der Waals surface area contributed by atoms with E-state index in [4.69, 9.17) is 9.47 Å². The third-order valence-electron chi connectivity index (χ3n) is 4.89. The van der Waals surface area contributed by atoms with Crippen molar-refractivity contribution in [1.29, 1.82) is 0 Å². The van der Waals surface area contributed by atoms with Gasteiger partial charge in [0.05, 0.1) is 34.8 Å². The molecule has 162 valence electrons. The fourth-order valence-electron chi connectivity index (χ4n) is 3.45. The molecule has 0 fully saturated rings. The first-order valence-electron chi connectivity index (χ1n) is 9.93. The minimum Gasteiger partial charge on any atom is -0.462 e. The van der Waals surface area contributed by atoms with Crippen molar-refractivity contribution in [1.82, 2.24) is 14.8 Å². The van der Waals surface area contributed by atoms with Gasteiger partial charge in [0.2, 0.25) is 5.78 Å². The molecule has 0 aliphatic carbocycles. The van der Waals surface area contributed by atoms with E-state index in [1.165, 1.54) is 0 Å². The number of nitrogens with zero attached hydrogens (tertiary/aromatic N) is 2. The Balaban J connectivity index is 1.67. The van der Waals surface area contributed by atoms with Crippen LogP contribution in [0.4, 0.5) is 0 Å². The van der Waals surface area contributed by atoms with Crippen molar-refractivity contribution in [3.8, 4) is 5.69 Å². The molecule has 0 amide bonds. The van der Waals surface area contributed by atoms with Gasteiger partial charge in [0.1, 0.15) is 0 Å². The molecule has 0 saturated heterocycles. The highest BCUT2D eigenvalue weighted by Crippen LogP contribution is 2.20. The van der Waals surface area contributed by atoms with Crippen LogP contribution in [0.2, 0.25) is 0 Å². The molecule has 0 radical (unpaired) electrons. The molecule has 0 aliphatic heterocycles. The van der Waals surface area contributed by atoms with Crippen molar-refractivity contribution < 1.29 is 23.9 Å². The van der Waals surface area contributed by atoms with Gasteiger partial charge in [-0.25, -0.2) is 14.3 Å². The Morgan fingerprint density at radius 1 is 1.00 bits per heavy atom. The fraction of sp³-hybridized carbons (Fsp3) is 0.304. The van der Waals surface area contributed by atoms with Gasteiger partial charge in [0, 0.05) is 11.4 Å². The number of H-pyrrole nitrogens is 1. The van der Waals surface area contributed by atoms with Crippen LogP contribution in [-0.2, 0) is 9.47 Å². The second kappa shape index (κ2) is 8.99. The summed E-state index contributed by atoms with van der Waals surface area (Å²) in [7, 11) is 0. The maximum absolute atomic E-state index is 12.6. The Morgan fingerprint density at radius 3 is 2.26 bits per heavy atom. The van der Waals surface area contributed by atoms with Crippen LogP contribution in [0.1, 0.15) is 60.8 Å². The third-order valence-corrected chi connectivity index (χ3v) is 4.89. The molecule has 8 nitrogen and oxygen atoms in total. The first-order valence-corrected chi connectivity index (χ1v) is 9.93. The van der Waals surface area contributed by atoms with Crippen molar-refractivity contribution >= 4 is 17.7 Å². The number of aromatic amines is 1. The van der Waals surface area contributed by atoms with E-state index < -0.39 is 24.3 Å². The van der Waals surface area contributed by atoms with Crippen LogP contribution in [0.25, 0.3) is 5.69 Å². The van der Waals surface area contributed by atoms with Gasteiger partial charge in [-0.2, -0.15) is 5.10 Å². The molecule has 3 aromatic rings. The summed E-state index contributed by atoms with van der Waals surface area (Å²) < 4.78 is 12.0. The summed E-state index contributed by atoms with van der Waals surface area (Å²) in [6.07, 6.45) is 0. The first kappa shape index (κ1) is 22.0. The molecule has 1 aromatic carbocycles. The fourth-order valence-corrected chi connectivity index (χ4v) is 3.45. The Hall–Kier alpha value is -3.68. The van der Waals surface area contributed by atoms with E-state index in [9.17, 15) is 14.4 Å². The molecule has 0 saturated carbocycles. The van der Waals surface area contributed by atoms with E-state index in [0.29, 0.717) is 22.4 Å². The second-order valence-corrected chi connectivity index (χ2v) is 7.23. The number of carbonyl (C=O) groups is 3. The summed E-state index contributed by atoms with van der Waals surface area (Å²) in [6.45, 7) is 8.71. The van der Waals surface area contributed by atoms with E-state index in [1.807, 2.05) is 19.9 Å². The Kier molecular flexibility index (Phi) is 6.39. The number of carbonyl (C=O) groups excluding carboxylic acids is 3. The first-order chi connectivity index (χ1) is 14.7. The SMILES string of the molecule is CCOC(=O)c1c(C)[nH]c(C(=O)COC(=O)c2ccc(-n3nc(C)cc3C)cc2)c1C. The average Bonchev–Trinajstić information content (AvgIpc) is 3.23. The molecule has 31 heavy (non-hydrogen) atoms. The molecular formula is C23H25N3O5. The average molecular weight is 423 g/mol. The molecule has 3 rings (SSSR count). The smallest absolute Gasteiger partial charge is 0.340 e. The highest BCUT2D eigenvalue weighted by atomic mass is 16.5. The number of nitrogens with one attached hydrogen (secondary N) is 1. The van der Waals surface area contributed by atoms with Gasteiger partial charge in [0.25, 0.3) is 0 Å². The number of rotatable bonds is 7. The summed E-state index contributed by atoms with van der Waals surface area (Å²) >= 11 is 0. The second-order valence-electron chi connectivity index (χ2n) is 7.23. The van der Waals surface area contributed by atoms with Gasteiger partial charge in [-0.15, -0.1) is 0 Å². The number of ether oxygens (including phenoxy) is 2. The number of benzene rings is 1. The summed E-state index contributed by atoms with van der Waals surface area (Å²) in [6, 6.07) is 8.75.